The van der Waals surface area contributed by atoms with E-state index in [1.54, 1.807) is 0 Å². The van der Waals surface area contributed by atoms with Gasteiger partial charge in [-0.25, -0.2) is 0 Å². The molecule has 2 aromatic rings. The summed E-state index contributed by atoms with van der Waals surface area (Å²) < 4.78 is 0. The van der Waals surface area contributed by atoms with Gasteiger partial charge in [-0.05, 0) is 82.5 Å². The molecule has 0 saturated carbocycles. The molecule has 2 aliphatic heterocycles. The Labute approximate surface area is 196 Å². The van der Waals surface area contributed by atoms with Crippen LogP contribution >= 0.6 is 0 Å². The lowest BCUT2D eigenvalue weighted by molar-refractivity contribution is -0.138. The minimum atomic E-state index is -0.948. The first-order chi connectivity index (χ1) is 15.9. The summed E-state index contributed by atoms with van der Waals surface area (Å²) in [7, 11) is 4.37. The van der Waals surface area contributed by atoms with Crippen molar-refractivity contribution in [3.63, 3.8) is 0 Å². The third-order valence-electron chi connectivity index (χ3n) is 5.96. The van der Waals surface area contributed by atoms with Gasteiger partial charge in [0.2, 0.25) is 0 Å². The monoisotopic (exact) mass is 456 g/mol. The minimum absolute atomic E-state index is 0.0632. The fourth-order valence-electron chi connectivity index (χ4n) is 4.20. The zero-order valence-electron chi connectivity index (χ0n) is 19.6. The van der Waals surface area contributed by atoms with Crippen LogP contribution in [0.3, 0.4) is 0 Å². The van der Waals surface area contributed by atoms with Gasteiger partial charge >= 0.3 is 11.9 Å². The van der Waals surface area contributed by atoms with Gasteiger partial charge in [-0.15, -0.1) is 0 Å². The van der Waals surface area contributed by atoms with E-state index in [9.17, 15) is 9.59 Å². The number of likely N-dealkylation sites (tertiary alicyclic amines) is 2. The first kappa shape index (κ1) is 26.4. The third-order valence-corrected chi connectivity index (χ3v) is 5.96. The molecule has 2 aliphatic rings. The second kappa shape index (κ2) is 14.3. The number of carbonyl (C=O) groups is 2. The molecule has 4 heterocycles. The smallest absolute Gasteiger partial charge is 0.303 e. The second-order valence-corrected chi connectivity index (χ2v) is 8.49. The van der Waals surface area contributed by atoms with Crippen LogP contribution in [0.4, 0.5) is 0 Å². The number of aromatic nitrogens is 2. The highest BCUT2D eigenvalue weighted by Gasteiger charge is 2.22. The van der Waals surface area contributed by atoms with Gasteiger partial charge in [0, 0.05) is 49.7 Å². The molecule has 0 amide bonds. The van der Waals surface area contributed by atoms with Crippen molar-refractivity contribution >= 4 is 11.9 Å². The highest BCUT2D eigenvalue weighted by molar-refractivity contribution is 5.69. The molecule has 0 aromatic carbocycles. The van der Waals surface area contributed by atoms with Gasteiger partial charge in [0.15, 0.2) is 0 Å². The van der Waals surface area contributed by atoms with Crippen molar-refractivity contribution in [2.45, 2.75) is 57.0 Å². The van der Waals surface area contributed by atoms with Gasteiger partial charge in [-0.3, -0.25) is 29.4 Å². The Morgan fingerprint density at radius 1 is 0.848 bits per heavy atom. The molecule has 2 fully saturated rings. The predicted molar refractivity (Wildman–Crippen MR) is 127 cm³/mol. The van der Waals surface area contributed by atoms with E-state index in [1.807, 2.05) is 36.9 Å². The summed E-state index contributed by atoms with van der Waals surface area (Å²) in [5.74, 6) is -1.90. The van der Waals surface area contributed by atoms with Crippen LogP contribution in [0.1, 0.15) is 68.2 Å². The van der Waals surface area contributed by atoms with E-state index < -0.39 is 11.9 Å². The lowest BCUT2D eigenvalue weighted by Crippen LogP contribution is -2.17. The van der Waals surface area contributed by atoms with Crippen molar-refractivity contribution in [2.75, 3.05) is 27.2 Å². The number of hydrogen-bond donors (Lipinski definition) is 2. The first-order valence-electron chi connectivity index (χ1n) is 11.5. The van der Waals surface area contributed by atoms with E-state index in [0.717, 1.165) is 0 Å². The van der Waals surface area contributed by atoms with Crippen LogP contribution in [-0.4, -0.2) is 69.1 Å². The van der Waals surface area contributed by atoms with Gasteiger partial charge in [0.25, 0.3) is 0 Å². The van der Waals surface area contributed by atoms with Gasteiger partial charge < -0.3 is 10.2 Å². The summed E-state index contributed by atoms with van der Waals surface area (Å²) in [6.07, 6.45) is 12.9. The number of carboxylic acids is 2. The molecule has 8 heteroatoms. The van der Waals surface area contributed by atoms with Crippen molar-refractivity contribution in [3.8, 4) is 0 Å². The normalized spacial score (nSPS) is 20.3. The maximum atomic E-state index is 9.79. The van der Waals surface area contributed by atoms with Crippen molar-refractivity contribution in [3.05, 3.63) is 60.2 Å². The molecule has 0 radical (unpaired) electrons. The van der Waals surface area contributed by atoms with Crippen LogP contribution in [0, 0.1) is 0 Å². The maximum absolute atomic E-state index is 9.79. The van der Waals surface area contributed by atoms with E-state index in [2.05, 4.69) is 46.0 Å². The summed E-state index contributed by atoms with van der Waals surface area (Å²) >= 11 is 0. The molecule has 8 nitrogen and oxygen atoms in total. The van der Waals surface area contributed by atoms with E-state index in [0.29, 0.717) is 12.1 Å². The van der Waals surface area contributed by atoms with Crippen molar-refractivity contribution in [2.24, 2.45) is 0 Å². The SMILES string of the molecule is CN1CCCC1c1cccnc1.CN1CCCC1c1cccnc1.O=C(O)CCCC(=O)O. The Morgan fingerprint density at radius 3 is 1.55 bits per heavy atom. The van der Waals surface area contributed by atoms with Crippen LogP contribution in [-0.2, 0) is 9.59 Å². The van der Waals surface area contributed by atoms with E-state index in [-0.39, 0.29) is 19.3 Å². The molecule has 2 unspecified atom stereocenters. The quantitative estimate of drug-likeness (QED) is 0.671. The Morgan fingerprint density at radius 2 is 1.27 bits per heavy atom. The van der Waals surface area contributed by atoms with Crippen LogP contribution in [0.5, 0.6) is 0 Å². The summed E-state index contributed by atoms with van der Waals surface area (Å²) in [4.78, 5) is 32.6. The molecule has 2 saturated heterocycles. The van der Waals surface area contributed by atoms with Crippen molar-refractivity contribution < 1.29 is 19.8 Å². The van der Waals surface area contributed by atoms with Crippen molar-refractivity contribution in [1.82, 2.24) is 19.8 Å². The largest absolute Gasteiger partial charge is 0.481 e. The Bertz CT molecular complexity index is 765. The van der Waals surface area contributed by atoms with E-state index in [1.165, 1.54) is 49.9 Å². The number of carboxylic acid groups (broad SMARTS) is 2. The fraction of sp³-hybridized carbons (Fsp3) is 0.520. The number of hydrogen-bond acceptors (Lipinski definition) is 6. The molecule has 4 rings (SSSR count). The zero-order chi connectivity index (χ0) is 24.1. The average molecular weight is 457 g/mol. The molecule has 0 aliphatic carbocycles. The number of rotatable bonds is 6. The minimum Gasteiger partial charge on any atom is -0.481 e. The third kappa shape index (κ3) is 9.67. The van der Waals surface area contributed by atoms with Gasteiger partial charge in [-0.1, -0.05) is 12.1 Å². The first-order valence-corrected chi connectivity index (χ1v) is 11.5. The average Bonchev–Trinajstić information content (AvgIpc) is 3.43. The van der Waals surface area contributed by atoms with Crippen LogP contribution in [0.15, 0.2) is 49.1 Å². The molecule has 2 atom stereocenters. The van der Waals surface area contributed by atoms with Crippen LogP contribution in [0.2, 0.25) is 0 Å². The molecule has 2 N–H and O–H groups in total. The molecule has 0 spiro atoms. The van der Waals surface area contributed by atoms with Crippen LogP contribution in [0.25, 0.3) is 0 Å². The molecule has 0 bridgehead atoms. The molecular weight excluding hydrogens is 420 g/mol. The molecule has 180 valence electrons. The molecule has 33 heavy (non-hydrogen) atoms. The maximum Gasteiger partial charge on any atom is 0.303 e. The zero-order valence-corrected chi connectivity index (χ0v) is 19.6. The van der Waals surface area contributed by atoms with Gasteiger partial charge in [-0.2, -0.15) is 0 Å². The molecule has 2 aromatic heterocycles. The van der Waals surface area contributed by atoms with Gasteiger partial charge in [0.05, 0.1) is 0 Å². The topological polar surface area (TPSA) is 107 Å². The lowest BCUT2D eigenvalue weighted by Gasteiger charge is -2.18. The Hall–Kier alpha value is -2.84. The number of pyridine rings is 2. The number of nitrogens with zero attached hydrogens (tertiary/aromatic N) is 4. The van der Waals surface area contributed by atoms with E-state index in [4.69, 9.17) is 10.2 Å². The van der Waals surface area contributed by atoms with Gasteiger partial charge in [0.1, 0.15) is 0 Å². The summed E-state index contributed by atoms with van der Waals surface area (Å²) in [5.41, 5.74) is 2.72. The Balaban J connectivity index is 0.000000178. The summed E-state index contributed by atoms with van der Waals surface area (Å²) in [6.45, 7) is 2.44. The number of aliphatic carboxylic acids is 2. The van der Waals surface area contributed by atoms with Crippen LogP contribution < -0.4 is 0 Å². The summed E-state index contributed by atoms with van der Waals surface area (Å²) in [5, 5.41) is 16.1. The summed E-state index contributed by atoms with van der Waals surface area (Å²) in [6, 6.07) is 9.58. The molecular formula is C25H36N4O4. The highest BCUT2D eigenvalue weighted by Crippen LogP contribution is 2.30. The Kier molecular flexibility index (Phi) is 11.5. The highest BCUT2D eigenvalue weighted by atomic mass is 16.4. The lowest BCUT2D eigenvalue weighted by atomic mass is 10.1. The van der Waals surface area contributed by atoms with E-state index >= 15 is 0 Å². The predicted octanol–water partition coefficient (Wildman–Crippen LogP) is 4.02. The second-order valence-electron chi connectivity index (χ2n) is 8.49. The van der Waals surface area contributed by atoms with Crippen molar-refractivity contribution in [1.29, 1.82) is 0 Å². The fourth-order valence-corrected chi connectivity index (χ4v) is 4.20. The standard InChI is InChI=1S/2C10H14N2.C5H8O4/c2*1-12-7-3-5-10(12)9-4-2-6-11-8-9;6-4(7)2-1-3-5(8)9/h2*2,4,6,8,10H,3,5,7H2,1H3;1-3H2,(H,6,7)(H,8,9).